The third kappa shape index (κ3) is 2.35. The monoisotopic (exact) mass is 160 g/mol. The minimum absolute atomic E-state index is 0.175. The van der Waals surface area contributed by atoms with Crippen LogP contribution < -0.4 is 0 Å². The molecule has 0 N–H and O–H groups in total. The number of Topliss-reactive ketones (excluding diaryl/α,β-unsaturated/α-hetero) is 1. The number of benzene rings is 1. The van der Waals surface area contributed by atoms with Gasteiger partial charge in [0.1, 0.15) is 0 Å². The van der Waals surface area contributed by atoms with Crippen molar-refractivity contribution in [2.45, 2.75) is 13.3 Å². The third-order valence-electron chi connectivity index (χ3n) is 1.63. The number of hydrogen-bond donors (Lipinski definition) is 0. The maximum absolute atomic E-state index is 11.4. The first-order valence-electron chi connectivity index (χ1n) is 4.04. The van der Waals surface area contributed by atoms with Gasteiger partial charge in [0.15, 0.2) is 5.78 Å². The minimum atomic E-state index is 0.175. The Bertz CT molecular complexity index is 272. The molecule has 0 fully saturated rings. The summed E-state index contributed by atoms with van der Waals surface area (Å²) in [5, 5.41) is 0. The van der Waals surface area contributed by atoms with Crippen LogP contribution in [-0.4, -0.2) is 5.78 Å². The van der Waals surface area contributed by atoms with Crippen LogP contribution in [0.1, 0.15) is 23.7 Å². The number of carbonyl (C=O) groups is 1. The van der Waals surface area contributed by atoms with Crippen molar-refractivity contribution in [3.05, 3.63) is 48.0 Å². The highest BCUT2D eigenvalue weighted by molar-refractivity contribution is 5.96. The highest BCUT2D eigenvalue weighted by Gasteiger charge is 2.00. The Morgan fingerprint density at radius 3 is 2.58 bits per heavy atom. The van der Waals surface area contributed by atoms with Crippen LogP contribution in [-0.2, 0) is 0 Å². The molecule has 0 saturated heterocycles. The van der Waals surface area contributed by atoms with Crippen molar-refractivity contribution in [3.63, 3.8) is 0 Å². The maximum atomic E-state index is 11.4. The second-order valence-corrected chi connectivity index (χ2v) is 2.56. The largest absolute Gasteiger partial charge is 0.294 e. The average Bonchev–Trinajstić information content (AvgIpc) is 2.15. The van der Waals surface area contributed by atoms with Crippen LogP contribution in [0.2, 0.25) is 0 Å². The molecular weight excluding hydrogens is 148 g/mol. The van der Waals surface area contributed by atoms with Crippen LogP contribution in [0.5, 0.6) is 0 Å². The van der Waals surface area contributed by atoms with Gasteiger partial charge in [0.25, 0.3) is 0 Å². The number of hydrogen-bond acceptors (Lipinski definition) is 1. The van der Waals surface area contributed by atoms with Crippen LogP contribution in [0.15, 0.2) is 42.5 Å². The summed E-state index contributed by atoms with van der Waals surface area (Å²) in [5.74, 6) is 0.175. The van der Waals surface area contributed by atoms with Crippen molar-refractivity contribution in [1.29, 1.82) is 0 Å². The molecule has 0 aliphatic heterocycles. The second-order valence-electron chi connectivity index (χ2n) is 2.56. The number of allylic oxidation sites excluding steroid dienone is 2. The average molecular weight is 160 g/mol. The smallest absolute Gasteiger partial charge is 0.166 e. The van der Waals surface area contributed by atoms with Gasteiger partial charge in [-0.15, -0.1) is 0 Å². The molecule has 0 radical (unpaired) electrons. The number of carbonyl (C=O) groups excluding carboxylic acids is 1. The Morgan fingerprint density at radius 2 is 2.00 bits per heavy atom. The van der Waals surface area contributed by atoms with Crippen LogP contribution in [0.4, 0.5) is 0 Å². The van der Waals surface area contributed by atoms with E-state index in [0.717, 1.165) is 5.56 Å². The van der Waals surface area contributed by atoms with E-state index in [4.69, 9.17) is 0 Å². The molecule has 0 saturated carbocycles. The lowest BCUT2D eigenvalue weighted by Crippen LogP contribution is -1.95. The molecule has 0 aromatic heterocycles. The zero-order valence-corrected chi connectivity index (χ0v) is 7.16. The zero-order chi connectivity index (χ0) is 8.81. The van der Waals surface area contributed by atoms with Crippen LogP contribution in [0, 0.1) is 0 Å². The summed E-state index contributed by atoms with van der Waals surface area (Å²) in [5.41, 5.74) is 0.788. The minimum Gasteiger partial charge on any atom is -0.294 e. The Labute approximate surface area is 72.7 Å². The van der Waals surface area contributed by atoms with Gasteiger partial charge in [-0.25, -0.2) is 0 Å². The molecule has 12 heavy (non-hydrogen) atoms. The fraction of sp³-hybridized carbons (Fsp3) is 0.182. The van der Waals surface area contributed by atoms with E-state index in [0.29, 0.717) is 6.42 Å². The molecule has 0 aliphatic rings. The van der Waals surface area contributed by atoms with Gasteiger partial charge in [0.2, 0.25) is 0 Å². The highest BCUT2D eigenvalue weighted by Crippen LogP contribution is 2.02. The summed E-state index contributed by atoms with van der Waals surface area (Å²) in [6, 6.07) is 9.34. The van der Waals surface area contributed by atoms with E-state index in [1.165, 1.54) is 0 Å². The number of rotatable bonds is 3. The quantitative estimate of drug-likeness (QED) is 0.491. The molecule has 1 nitrogen and oxygen atoms in total. The molecule has 1 heteroatoms. The van der Waals surface area contributed by atoms with Crippen LogP contribution in [0.25, 0.3) is 0 Å². The van der Waals surface area contributed by atoms with Crippen molar-refractivity contribution in [2.75, 3.05) is 0 Å². The predicted octanol–water partition coefficient (Wildman–Crippen LogP) is 2.84. The molecule has 0 amide bonds. The van der Waals surface area contributed by atoms with Crippen molar-refractivity contribution in [3.8, 4) is 0 Å². The van der Waals surface area contributed by atoms with Gasteiger partial charge in [-0.05, 0) is 6.92 Å². The van der Waals surface area contributed by atoms with E-state index in [1.54, 1.807) is 0 Å². The Morgan fingerprint density at radius 1 is 1.33 bits per heavy atom. The molecule has 0 spiro atoms. The third-order valence-corrected chi connectivity index (χ3v) is 1.63. The predicted molar refractivity (Wildman–Crippen MR) is 50.2 cm³/mol. The lowest BCUT2D eigenvalue weighted by molar-refractivity contribution is 0.0996. The maximum Gasteiger partial charge on any atom is 0.166 e. The lowest BCUT2D eigenvalue weighted by atomic mass is 10.1. The van der Waals surface area contributed by atoms with Gasteiger partial charge in [0.05, 0.1) is 0 Å². The normalized spacial score (nSPS) is 10.4. The number of ketones is 1. The van der Waals surface area contributed by atoms with Crippen molar-refractivity contribution in [1.82, 2.24) is 0 Å². The van der Waals surface area contributed by atoms with E-state index in [9.17, 15) is 4.79 Å². The van der Waals surface area contributed by atoms with E-state index in [2.05, 4.69) is 0 Å². The van der Waals surface area contributed by atoms with E-state index in [1.807, 2.05) is 49.4 Å². The van der Waals surface area contributed by atoms with Crippen LogP contribution in [0.3, 0.4) is 0 Å². The van der Waals surface area contributed by atoms with Gasteiger partial charge < -0.3 is 0 Å². The molecule has 0 heterocycles. The van der Waals surface area contributed by atoms with Gasteiger partial charge in [-0.3, -0.25) is 4.79 Å². The van der Waals surface area contributed by atoms with Gasteiger partial charge >= 0.3 is 0 Å². The first-order chi connectivity index (χ1) is 5.84. The molecule has 1 rings (SSSR count). The molecule has 62 valence electrons. The van der Waals surface area contributed by atoms with Gasteiger partial charge in [-0.1, -0.05) is 42.5 Å². The molecule has 1 aromatic carbocycles. The molecule has 0 atom stereocenters. The highest BCUT2D eigenvalue weighted by atomic mass is 16.1. The first-order valence-corrected chi connectivity index (χ1v) is 4.04. The molecule has 0 aliphatic carbocycles. The van der Waals surface area contributed by atoms with Crippen molar-refractivity contribution < 1.29 is 4.79 Å². The fourth-order valence-electron chi connectivity index (χ4n) is 0.967. The molecule has 1 aromatic rings. The topological polar surface area (TPSA) is 17.1 Å². The van der Waals surface area contributed by atoms with Gasteiger partial charge in [0, 0.05) is 12.0 Å². The molecule has 0 unspecified atom stereocenters. The van der Waals surface area contributed by atoms with E-state index in [-0.39, 0.29) is 5.78 Å². The fourth-order valence-corrected chi connectivity index (χ4v) is 0.967. The summed E-state index contributed by atoms with van der Waals surface area (Å²) < 4.78 is 0. The summed E-state index contributed by atoms with van der Waals surface area (Å²) in [7, 11) is 0. The second kappa shape index (κ2) is 4.50. The molecular formula is C11H12O. The van der Waals surface area contributed by atoms with E-state index >= 15 is 0 Å². The Kier molecular flexibility index (Phi) is 3.27. The van der Waals surface area contributed by atoms with Crippen LogP contribution >= 0.6 is 0 Å². The standard InChI is InChI=1S/C11H12O/c1-2-3-9-11(12)10-7-5-4-6-8-10/h2-8H,9H2,1H3/b3-2-. The van der Waals surface area contributed by atoms with Gasteiger partial charge in [-0.2, -0.15) is 0 Å². The lowest BCUT2D eigenvalue weighted by Gasteiger charge is -1.94. The Balaban J connectivity index is 2.66. The molecule has 0 bridgehead atoms. The SMILES string of the molecule is C/C=C\CC(=O)c1ccccc1. The first kappa shape index (κ1) is 8.72. The summed E-state index contributed by atoms with van der Waals surface area (Å²) in [6.45, 7) is 1.91. The zero-order valence-electron chi connectivity index (χ0n) is 7.16. The summed E-state index contributed by atoms with van der Waals surface area (Å²) in [4.78, 5) is 11.4. The van der Waals surface area contributed by atoms with Crippen molar-refractivity contribution in [2.24, 2.45) is 0 Å². The Hall–Kier alpha value is -1.37. The summed E-state index contributed by atoms with van der Waals surface area (Å²) >= 11 is 0. The van der Waals surface area contributed by atoms with Crippen molar-refractivity contribution >= 4 is 5.78 Å². The summed E-state index contributed by atoms with van der Waals surface area (Å²) in [6.07, 6.45) is 4.26. The van der Waals surface area contributed by atoms with E-state index < -0.39 is 0 Å².